The quantitative estimate of drug-likeness (QED) is 0.426. The molecule has 0 unspecified atom stereocenters. The standard InChI is InChI=1S/C15H7F3N2S/c16-15(17,18)8-1-2-9-11(5-8)10-3-4-21-14(10)13-12(9)6-19-7-20-13/h1-7H. The molecule has 0 aliphatic rings. The van der Waals surface area contributed by atoms with Crippen molar-refractivity contribution in [3.8, 4) is 0 Å². The van der Waals surface area contributed by atoms with Crippen LogP contribution in [0, 0.1) is 0 Å². The second-order valence-corrected chi connectivity index (χ2v) is 5.62. The maximum Gasteiger partial charge on any atom is 0.416 e. The predicted molar refractivity (Wildman–Crippen MR) is 77.4 cm³/mol. The molecule has 0 aliphatic heterocycles. The van der Waals surface area contributed by atoms with Gasteiger partial charge in [-0.05, 0) is 34.4 Å². The van der Waals surface area contributed by atoms with Crippen LogP contribution in [0.25, 0.3) is 31.8 Å². The van der Waals surface area contributed by atoms with Gasteiger partial charge in [0.25, 0.3) is 0 Å². The fourth-order valence-corrected chi connectivity index (χ4v) is 3.51. The van der Waals surface area contributed by atoms with Crippen molar-refractivity contribution in [3.63, 3.8) is 0 Å². The van der Waals surface area contributed by atoms with E-state index in [-0.39, 0.29) is 0 Å². The average Bonchev–Trinajstić information content (AvgIpc) is 2.96. The number of rotatable bonds is 0. The van der Waals surface area contributed by atoms with Crippen LogP contribution in [0.2, 0.25) is 0 Å². The Morgan fingerprint density at radius 2 is 1.81 bits per heavy atom. The molecule has 104 valence electrons. The van der Waals surface area contributed by atoms with Gasteiger partial charge in [-0.3, -0.25) is 0 Å². The number of fused-ring (bicyclic) bond motifs is 6. The maximum atomic E-state index is 12.9. The lowest BCUT2D eigenvalue weighted by atomic mass is 10.0. The molecule has 2 nitrogen and oxygen atoms in total. The lowest BCUT2D eigenvalue weighted by Crippen LogP contribution is -2.04. The van der Waals surface area contributed by atoms with Crippen molar-refractivity contribution < 1.29 is 13.2 Å². The molecule has 4 rings (SSSR count). The minimum absolute atomic E-state index is 0.586. The second kappa shape index (κ2) is 4.14. The molecular formula is C15H7F3N2S. The van der Waals surface area contributed by atoms with Gasteiger partial charge in [0.1, 0.15) is 6.33 Å². The Morgan fingerprint density at radius 3 is 2.62 bits per heavy atom. The zero-order chi connectivity index (χ0) is 14.6. The van der Waals surface area contributed by atoms with Crippen LogP contribution in [0.15, 0.2) is 42.2 Å². The van der Waals surface area contributed by atoms with E-state index in [2.05, 4.69) is 9.97 Å². The van der Waals surface area contributed by atoms with Crippen LogP contribution in [-0.2, 0) is 6.18 Å². The molecule has 0 atom stereocenters. The third-order valence-electron chi connectivity index (χ3n) is 3.52. The van der Waals surface area contributed by atoms with Gasteiger partial charge in [0.05, 0.1) is 15.8 Å². The van der Waals surface area contributed by atoms with Crippen molar-refractivity contribution in [1.29, 1.82) is 0 Å². The van der Waals surface area contributed by atoms with Crippen LogP contribution in [0.3, 0.4) is 0 Å². The second-order valence-electron chi connectivity index (χ2n) is 4.71. The molecule has 0 fully saturated rings. The zero-order valence-electron chi connectivity index (χ0n) is 10.5. The van der Waals surface area contributed by atoms with Gasteiger partial charge in [0.2, 0.25) is 0 Å². The summed E-state index contributed by atoms with van der Waals surface area (Å²) in [5, 5.41) is 4.77. The highest BCUT2D eigenvalue weighted by Crippen LogP contribution is 2.39. The van der Waals surface area contributed by atoms with Crippen LogP contribution in [0.1, 0.15) is 5.56 Å². The molecule has 2 aromatic carbocycles. The van der Waals surface area contributed by atoms with Gasteiger partial charge in [0, 0.05) is 17.0 Å². The third kappa shape index (κ3) is 1.79. The van der Waals surface area contributed by atoms with E-state index in [0.29, 0.717) is 5.39 Å². The van der Waals surface area contributed by atoms with Crippen LogP contribution in [-0.4, -0.2) is 9.97 Å². The van der Waals surface area contributed by atoms with Crippen LogP contribution in [0.5, 0.6) is 0 Å². The van der Waals surface area contributed by atoms with Gasteiger partial charge < -0.3 is 0 Å². The van der Waals surface area contributed by atoms with Crippen LogP contribution in [0.4, 0.5) is 13.2 Å². The largest absolute Gasteiger partial charge is 0.416 e. The minimum atomic E-state index is -4.35. The molecule has 0 radical (unpaired) electrons. The van der Waals surface area contributed by atoms with E-state index in [1.807, 2.05) is 11.4 Å². The smallest absolute Gasteiger partial charge is 0.244 e. The fraction of sp³-hybridized carbons (Fsp3) is 0.0667. The highest BCUT2D eigenvalue weighted by atomic mass is 32.1. The Kier molecular flexibility index (Phi) is 2.47. The van der Waals surface area contributed by atoms with E-state index in [1.54, 1.807) is 6.20 Å². The Morgan fingerprint density at radius 1 is 0.952 bits per heavy atom. The molecule has 2 aromatic heterocycles. The average molecular weight is 304 g/mol. The molecule has 0 N–H and O–H groups in total. The summed E-state index contributed by atoms with van der Waals surface area (Å²) < 4.78 is 39.7. The van der Waals surface area contributed by atoms with Crippen LogP contribution < -0.4 is 0 Å². The normalized spacial score (nSPS) is 12.5. The summed E-state index contributed by atoms with van der Waals surface area (Å²) in [5.41, 5.74) is 0.140. The number of halogens is 3. The van der Waals surface area contributed by atoms with Crippen molar-refractivity contribution in [2.45, 2.75) is 6.18 Å². The number of hydrogen-bond donors (Lipinski definition) is 0. The van der Waals surface area contributed by atoms with Gasteiger partial charge in [-0.25, -0.2) is 9.97 Å². The summed E-state index contributed by atoms with van der Waals surface area (Å²) in [5.74, 6) is 0. The fourth-order valence-electron chi connectivity index (χ4n) is 2.59. The van der Waals surface area contributed by atoms with Gasteiger partial charge in [-0.1, -0.05) is 6.07 Å². The summed E-state index contributed by atoms with van der Waals surface area (Å²) in [6.07, 6.45) is -1.24. The van der Waals surface area contributed by atoms with Gasteiger partial charge >= 0.3 is 6.18 Å². The first-order valence-corrected chi connectivity index (χ1v) is 7.03. The van der Waals surface area contributed by atoms with Crippen molar-refractivity contribution in [3.05, 3.63) is 47.7 Å². The zero-order valence-corrected chi connectivity index (χ0v) is 11.3. The number of nitrogens with zero attached hydrogens (tertiary/aromatic N) is 2. The first-order valence-electron chi connectivity index (χ1n) is 6.15. The Balaban J connectivity index is 2.25. The molecule has 0 amide bonds. The topological polar surface area (TPSA) is 25.8 Å². The summed E-state index contributed by atoms with van der Waals surface area (Å²) in [6, 6.07) is 5.65. The molecule has 4 aromatic rings. The predicted octanol–water partition coefficient (Wildman–Crippen LogP) is 5.02. The van der Waals surface area contributed by atoms with Crippen LogP contribution >= 0.6 is 11.3 Å². The molecule has 0 aliphatic carbocycles. The molecule has 0 bridgehead atoms. The van der Waals surface area contributed by atoms with Gasteiger partial charge in [-0.15, -0.1) is 11.3 Å². The summed E-state index contributed by atoms with van der Waals surface area (Å²) >= 11 is 1.47. The molecule has 21 heavy (non-hydrogen) atoms. The van der Waals surface area contributed by atoms with Gasteiger partial charge in [-0.2, -0.15) is 13.2 Å². The lowest BCUT2D eigenvalue weighted by Gasteiger charge is -2.10. The molecule has 0 spiro atoms. The summed E-state index contributed by atoms with van der Waals surface area (Å²) in [6.45, 7) is 0. The highest BCUT2D eigenvalue weighted by molar-refractivity contribution is 7.18. The van der Waals surface area contributed by atoms with Crippen molar-refractivity contribution >= 4 is 43.1 Å². The Labute approximate surface area is 120 Å². The first kappa shape index (κ1) is 12.5. The SMILES string of the molecule is FC(F)(F)c1ccc2c(c1)c1ccsc1c1ncncc21. The lowest BCUT2D eigenvalue weighted by molar-refractivity contribution is -0.137. The van der Waals surface area contributed by atoms with E-state index in [0.717, 1.165) is 32.4 Å². The van der Waals surface area contributed by atoms with E-state index in [9.17, 15) is 13.2 Å². The first-order chi connectivity index (χ1) is 10.1. The Hall–Kier alpha value is -2.21. The number of alkyl halides is 3. The van der Waals surface area contributed by atoms with Crippen molar-refractivity contribution in [2.24, 2.45) is 0 Å². The minimum Gasteiger partial charge on any atom is -0.244 e. The highest BCUT2D eigenvalue weighted by Gasteiger charge is 2.30. The van der Waals surface area contributed by atoms with Crippen molar-refractivity contribution in [2.75, 3.05) is 0 Å². The number of benzene rings is 2. The van der Waals surface area contributed by atoms with E-state index in [1.165, 1.54) is 29.8 Å². The molecular weight excluding hydrogens is 297 g/mol. The van der Waals surface area contributed by atoms with E-state index >= 15 is 0 Å². The number of aromatic nitrogens is 2. The molecule has 0 saturated carbocycles. The maximum absolute atomic E-state index is 12.9. The van der Waals surface area contributed by atoms with Gasteiger partial charge in [0.15, 0.2) is 0 Å². The summed E-state index contributed by atoms with van der Waals surface area (Å²) in [4.78, 5) is 8.28. The number of thiophene rings is 1. The number of hydrogen-bond acceptors (Lipinski definition) is 3. The van der Waals surface area contributed by atoms with E-state index < -0.39 is 11.7 Å². The monoisotopic (exact) mass is 304 g/mol. The Bertz CT molecular complexity index is 989. The van der Waals surface area contributed by atoms with Crippen molar-refractivity contribution in [1.82, 2.24) is 9.97 Å². The summed E-state index contributed by atoms with van der Waals surface area (Å²) in [7, 11) is 0. The molecule has 0 saturated heterocycles. The molecule has 6 heteroatoms. The molecule has 2 heterocycles. The van der Waals surface area contributed by atoms with E-state index in [4.69, 9.17) is 0 Å². The third-order valence-corrected chi connectivity index (χ3v) is 4.44.